The number of hydrogen-bond acceptors (Lipinski definition) is 4. The molecule has 1 aliphatic carbocycles. The summed E-state index contributed by atoms with van der Waals surface area (Å²) in [6, 6.07) is 10.7. The van der Waals surface area contributed by atoms with Crippen LogP contribution in [0.3, 0.4) is 0 Å². The molecular weight excluding hydrogens is 468 g/mol. The van der Waals surface area contributed by atoms with Gasteiger partial charge in [-0.1, -0.05) is 63.3 Å². The molecule has 3 rings (SSSR count). The summed E-state index contributed by atoms with van der Waals surface area (Å²) in [7, 11) is -1.81. The second kappa shape index (κ2) is 11.5. The molecule has 0 bridgehead atoms. The molecule has 0 radical (unpaired) electrons. The first kappa shape index (κ1) is 28.4. The van der Waals surface area contributed by atoms with Crippen molar-refractivity contribution in [1.82, 2.24) is 0 Å². The van der Waals surface area contributed by atoms with Gasteiger partial charge >= 0.3 is 0 Å². The van der Waals surface area contributed by atoms with Crippen LogP contribution < -0.4 is 0 Å². The number of fused-ring (bicyclic) bond motifs is 1. The third-order valence-electron chi connectivity index (χ3n) is 7.77. The van der Waals surface area contributed by atoms with Gasteiger partial charge in [-0.2, -0.15) is 0 Å². The van der Waals surface area contributed by atoms with E-state index in [0.29, 0.717) is 11.8 Å². The van der Waals surface area contributed by atoms with Gasteiger partial charge < -0.3 is 18.3 Å². The van der Waals surface area contributed by atoms with E-state index in [0.717, 1.165) is 25.7 Å². The molecule has 1 aliphatic heterocycles. The van der Waals surface area contributed by atoms with E-state index in [1.165, 1.54) is 11.1 Å². The lowest BCUT2D eigenvalue weighted by atomic mass is 9.90. The topological polar surface area (TPSA) is 36.9 Å². The fourth-order valence-corrected chi connectivity index (χ4v) is 6.50. The van der Waals surface area contributed by atoms with E-state index >= 15 is 0 Å². The Balaban J connectivity index is 1.83. The second-order valence-corrected chi connectivity index (χ2v) is 21.9. The highest BCUT2D eigenvalue weighted by molar-refractivity contribution is 6.74. The van der Waals surface area contributed by atoms with Crippen molar-refractivity contribution in [1.29, 1.82) is 0 Å². The summed E-state index contributed by atoms with van der Waals surface area (Å²) >= 11 is 0. The van der Waals surface area contributed by atoms with Gasteiger partial charge in [0.15, 0.2) is 14.6 Å². The Bertz CT molecular complexity index is 867. The monoisotopic (exact) mass is 516 g/mol. The minimum atomic E-state index is -1.91. The Morgan fingerprint density at radius 3 is 2.37 bits per heavy atom. The van der Waals surface area contributed by atoms with Crippen LogP contribution in [0.15, 0.2) is 54.3 Å². The number of ether oxygens (including phenoxy) is 2. The van der Waals surface area contributed by atoms with E-state index in [2.05, 4.69) is 102 Å². The molecule has 1 aromatic rings. The van der Waals surface area contributed by atoms with Crippen molar-refractivity contribution in [2.75, 3.05) is 7.11 Å². The van der Waals surface area contributed by atoms with E-state index in [4.69, 9.17) is 18.3 Å². The van der Waals surface area contributed by atoms with Gasteiger partial charge in [0.2, 0.25) is 8.32 Å². The molecule has 0 amide bonds. The van der Waals surface area contributed by atoms with Crippen molar-refractivity contribution >= 4 is 16.6 Å². The van der Waals surface area contributed by atoms with Crippen LogP contribution in [-0.2, 0) is 24.7 Å². The third kappa shape index (κ3) is 7.90. The van der Waals surface area contributed by atoms with Gasteiger partial charge in [-0.3, -0.25) is 0 Å². The first-order chi connectivity index (χ1) is 16.3. The third-order valence-corrected chi connectivity index (χ3v) is 13.1. The molecule has 1 unspecified atom stereocenters. The van der Waals surface area contributed by atoms with E-state index in [1.807, 2.05) is 0 Å². The summed E-state index contributed by atoms with van der Waals surface area (Å²) in [5.41, 5.74) is 2.71. The average Bonchev–Trinajstić information content (AvgIpc) is 3.31. The normalized spacial score (nSPS) is 27.5. The summed E-state index contributed by atoms with van der Waals surface area (Å²) in [6.07, 6.45) is 10.8. The summed E-state index contributed by atoms with van der Waals surface area (Å²) in [4.78, 5) is 0. The van der Waals surface area contributed by atoms with Crippen molar-refractivity contribution in [3.8, 4) is 0 Å². The summed E-state index contributed by atoms with van der Waals surface area (Å²) < 4.78 is 24.9. The van der Waals surface area contributed by atoms with Crippen LogP contribution in [0.1, 0.15) is 45.6 Å². The standard InChI is InChI=1S/C29H48O4Si2/c1-29(2,3)35(8,9)33-24(16-15-22-13-11-10-12-14-22)17-18-25-23(21-31-34(5,6)7)19-27-26(25)20-28(30-4)32-27/h10-14,17-18,21,24-28H,15-16,19-20H2,1-9H3/b18-17+,23-21?/t24?,25-,26+,27-,28-/m0/s1. The van der Waals surface area contributed by atoms with Crippen LogP contribution in [0.2, 0.25) is 37.8 Å². The molecule has 2 aliphatic rings. The van der Waals surface area contributed by atoms with Crippen molar-refractivity contribution in [2.24, 2.45) is 11.8 Å². The van der Waals surface area contributed by atoms with E-state index in [1.54, 1.807) is 7.11 Å². The molecule has 4 nitrogen and oxygen atoms in total. The number of benzene rings is 1. The maximum Gasteiger partial charge on any atom is 0.241 e. The van der Waals surface area contributed by atoms with Gasteiger partial charge in [-0.05, 0) is 68.2 Å². The molecule has 0 spiro atoms. The summed E-state index contributed by atoms with van der Waals surface area (Å²) in [5, 5.41) is 0.172. The van der Waals surface area contributed by atoms with Crippen LogP contribution >= 0.6 is 0 Å². The van der Waals surface area contributed by atoms with Gasteiger partial charge in [0.1, 0.15) is 0 Å². The van der Waals surface area contributed by atoms with Crippen LogP contribution in [0.25, 0.3) is 0 Å². The lowest BCUT2D eigenvalue weighted by Gasteiger charge is -2.38. The highest BCUT2D eigenvalue weighted by atomic mass is 28.4. The van der Waals surface area contributed by atoms with Crippen molar-refractivity contribution in [2.45, 2.75) is 103 Å². The van der Waals surface area contributed by atoms with Gasteiger partial charge in [0.05, 0.1) is 18.5 Å². The zero-order valence-corrected chi connectivity index (χ0v) is 25.5. The Morgan fingerprint density at radius 1 is 1.09 bits per heavy atom. The lowest BCUT2D eigenvalue weighted by Crippen LogP contribution is -2.43. The maximum atomic E-state index is 6.94. The smallest absolute Gasteiger partial charge is 0.241 e. The number of aryl methyl sites for hydroxylation is 1. The van der Waals surface area contributed by atoms with Crippen LogP contribution in [0, 0.1) is 11.8 Å². The fourth-order valence-electron chi connectivity index (χ4n) is 4.69. The minimum Gasteiger partial charge on any atom is -0.550 e. The number of rotatable bonds is 10. The molecule has 196 valence electrons. The predicted octanol–water partition coefficient (Wildman–Crippen LogP) is 7.70. The highest BCUT2D eigenvalue weighted by Crippen LogP contribution is 2.47. The SMILES string of the molecule is CO[C@@H]1C[C@H]2[C@H](CC(=CO[Si](C)(C)C)[C@@H]2/C=C/C(CCc2ccccc2)O[Si](C)(C)C(C)(C)C)O1. The first-order valence-electron chi connectivity index (χ1n) is 13.2. The Hall–Kier alpha value is -1.19. The van der Waals surface area contributed by atoms with Crippen LogP contribution in [0.4, 0.5) is 0 Å². The molecule has 0 N–H and O–H groups in total. The van der Waals surface area contributed by atoms with Gasteiger partial charge in [0, 0.05) is 25.4 Å². The fraction of sp³-hybridized carbons (Fsp3) is 0.655. The molecule has 1 aromatic carbocycles. The van der Waals surface area contributed by atoms with Gasteiger partial charge in [-0.15, -0.1) is 0 Å². The van der Waals surface area contributed by atoms with Crippen molar-refractivity contribution in [3.63, 3.8) is 0 Å². The van der Waals surface area contributed by atoms with Crippen molar-refractivity contribution in [3.05, 3.63) is 59.9 Å². The Labute approximate surface area is 216 Å². The van der Waals surface area contributed by atoms with E-state index < -0.39 is 16.6 Å². The molecule has 5 atom stereocenters. The molecule has 0 aromatic heterocycles. The Kier molecular flexibility index (Phi) is 9.30. The number of allylic oxidation sites excluding steroid dienone is 1. The van der Waals surface area contributed by atoms with E-state index in [-0.39, 0.29) is 23.5 Å². The Morgan fingerprint density at radius 2 is 1.77 bits per heavy atom. The average molecular weight is 517 g/mol. The van der Waals surface area contributed by atoms with Crippen molar-refractivity contribution < 1.29 is 18.3 Å². The largest absolute Gasteiger partial charge is 0.550 e. The second-order valence-electron chi connectivity index (χ2n) is 12.7. The molecule has 6 heteroatoms. The van der Waals surface area contributed by atoms with Gasteiger partial charge in [-0.25, -0.2) is 0 Å². The zero-order valence-electron chi connectivity index (χ0n) is 23.5. The number of methoxy groups -OCH3 is 1. The maximum absolute atomic E-state index is 6.94. The van der Waals surface area contributed by atoms with Crippen LogP contribution in [0.5, 0.6) is 0 Å². The molecule has 1 heterocycles. The molecular formula is C29H48O4Si2. The van der Waals surface area contributed by atoms with Gasteiger partial charge in [0.25, 0.3) is 0 Å². The lowest BCUT2D eigenvalue weighted by molar-refractivity contribution is -0.113. The predicted molar refractivity (Wildman–Crippen MR) is 150 cm³/mol. The zero-order chi connectivity index (χ0) is 25.9. The molecule has 35 heavy (non-hydrogen) atoms. The summed E-state index contributed by atoms with van der Waals surface area (Å²) in [5.74, 6) is 0.731. The number of hydrogen-bond donors (Lipinski definition) is 0. The first-order valence-corrected chi connectivity index (χ1v) is 19.6. The van der Waals surface area contributed by atoms with E-state index in [9.17, 15) is 0 Å². The molecule has 1 saturated heterocycles. The molecule has 2 fully saturated rings. The highest BCUT2D eigenvalue weighted by Gasteiger charge is 2.46. The minimum absolute atomic E-state index is 0.0925. The quantitative estimate of drug-likeness (QED) is 0.181. The summed E-state index contributed by atoms with van der Waals surface area (Å²) in [6.45, 7) is 18.3. The van der Waals surface area contributed by atoms with Crippen LogP contribution in [-0.4, -0.2) is 42.2 Å². The molecule has 1 saturated carbocycles.